The minimum Gasteiger partial charge on any atom is -0.397 e. The molecule has 1 aliphatic heterocycles. The van der Waals surface area contributed by atoms with Crippen LogP contribution in [0.25, 0.3) is 10.2 Å². The number of primary amides is 1. The lowest BCUT2D eigenvalue weighted by Crippen LogP contribution is -2.31. The summed E-state index contributed by atoms with van der Waals surface area (Å²) < 4.78 is 0. The highest BCUT2D eigenvalue weighted by Gasteiger charge is 2.23. The van der Waals surface area contributed by atoms with Gasteiger partial charge in [0.05, 0.1) is 16.8 Å². The number of rotatable bonds is 4. The van der Waals surface area contributed by atoms with Gasteiger partial charge in [0.25, 0.3) is 11.8 Å². The largest absolute Gasteiger partial charge is 0.397 e. The van der Waals surface area contributed by atoms with Crippen molar-refractivity contribution in [2.24, 2.45) is 5.73 Å². The van der Waals surface area contributed by atoms with Crippen LogP contribution in [-0.2, 0) is 0 Å². The SMILES string of the molecule is CN(C)C(=O)c1csc(N2CCCN(c3ccnc4sc(C(N)=O)c(N)c34)CC2)n1. The number of amides is 2. The molecule has 0 saturated carbocycles. The first-order valence-corrected chi connectivity index (χ1v) is 11.2. The normalized spacial score (nSPS) is 14.7. The van der Waals surface area contributed by atoms with Crippen LogP contribution in [0.5, 0.6) is 0 Å². The molecular formula is C19H23N7O2S2. The van der Waals surface area contributed by atoms with Crippen molar-refractivity contribution < 1.29 is 9.59 Å². The molecule has 4 heterocycles. The third-order valence-corrected chi connectivity index (χ3v) is 7.08. The van der Waals surface area contributed by atoms with Crippen molar-refractivity contribution in [2.75, 3.05) is 55.8 Å². The van der Waals surface area contributed by atoms with E-state index in [1.165, 1.54) is 27.6 Å². The Hall–Kier alpha value is -2.92. The van der Waals surface area contributed by atoms with Crippen LogP contribution in [0.4, 0.5) is 16.5 Å². The molecule has 1 aliphatic rings. The standard InChI is InChI=1S/C19H23N7O2S2/c1-24(2)18(28)11-10-29-19(23-11)26-7-3-6-25(8-9-26)12-4-5-22-17-13(12)14(20)15(30-17)16(21)27/h4-5,10H,3,6-9,20H2,1-2H3,(H2,21,27). The number of pyridine rings is 1. The van der Waals surface area contributed by atoms with Crippen LogP contribution >= 0.6 is 22.7 Å². The van der Waals surface area contributed by atoms with Gasteiger partial charge in [-0.3, -0.25) is 9.59 Å². The Balaban J connectivity index is 1.57. The zero-order chi connectivity index (χ0) is 21.4. The number of hydrogen-bond donors (Lipinski definition) is 2. The molecule has 0 spiro atoms. The van der Waals surface area contributed by atoms with E-state index in [2.05, 4.69) is 19.8 Å². The maximum Gasteiger partial charge on any atom is 0.272 e. The summed E-state index contributed by atoms with van der Waals surface area (Å²) in [6.07, 6.45) is 2.66. The first-order chi connectivity index (χ1) is 14.4. The lowest BCUT2D eigenvalue weighted by atomic mass is 10.2. The van der Waals surface area contributed by atoms with Crippen LogP contribution in [0.15, 0.2) is 17.6 Å². The van der Waals surface area contributed by atoms with Crippen LogP contribution in [-0.4, -0.2) is 67.0 Å². The molecule has 11 heteroatoms. The summed E-state index contributed by atoms with van der Waals surface area (Å²) in [5.41, 5.74) is 13.6. The van der Waals surface area contributed by atoms with E-state index in [1.807, 2.05) is 11.4 Å². The quantitative estimate of drug-likeness (QED) is 0.628. The van der Waals surface area contributed by atoms with E-state index in [1.54, 1.807) is 20.3 Å². The third-order valence-electron chi connectivity index (χ3n) is 5.06. The van der Waals surface area contributed by atoms with Crippen LogP contribution in [0, 0.1) is 0 Å². The first kappa shape index (κ1) is 20.4. The van der Waals surface area contributed by atoms with Crippen molar-refractivity contribution in [3.63, 3.8) is 0 Å². The van der Waals surface area contributed by atoms with E-state index >= 15 is 0 Å². The minimum absolute atomic E-state index is 0.0914. The number of carbonyl (C=O) groups is 2. The number of carbonyl (C=O) groups excluding carboxylic acids is 2. The fourth-order valence-electron chi connectivity index (χ4n) is 3.56. The molecular weight excluding hydrogens is 422 g/mol. The number of hydrogen-bond acceptors (Lipinski definition) is 9. The predicted octanol–water partition coefficient (Wildman–Crippen LogP) is 1.85. The van der Waals surface area contributed by atoms with Gasteiger partial charge in [-0.25, -0.2) is 9.97 Å². The minimum atomic E-state index is -0.532. The van der Waals surface area contributed by atoms with Crippen molar-refractivity contribution in [2.45, 2.75) is 6.42 Å². The van der Waals surface area contributed by atoms with E-state index < -0.39 is 5.91 Å². The molecule has 0 unspecified atom stereocenters. The molecule has 1 fully saturated rings. The summed E-state index contributed by atoms with van der Waals surface area (Å²) in [6.45, 7) is 3.21. The van der Waals surface area contributed by atoms with E-state index in [-0.39, 0.29) is 5.91 Å². The van der Waals surface area contributed by atoms with Crippen molar-refractivity contribution in [3.8, 4) is 0 Å². The van der Waals surface area contributed by atoms with Crippen LogP contribution < -0.4 is 21.3 Å². The number of anilines is 3. The fourth-order valence-corrected chi connectivity index (χ4v) is 5.35. The van der Waals surface area contributed by atoms with Crippen LogP contribution in [0.1, 0.15) is 26.6 Å². The van der Waals surface area contributed by atoms with Crippen LogP contribution in [0.2, 0.25) is 0 Å². The molecule has 3 aromatic heterocycles. The number of nitrogen functional groups attached to an aromatic ring is 1. The number of nitrogens with zero attached hydrogens (tertiary/aromatic N) is 5. The molecule has 4 N–H and O–H groups in total. The Morgan fingerprint density at radius 3 is 2.63 bits per heavy atom. The van der Waals surface area contributed by atoms with Gasteiger partial charge < -0.3 is 26.2 Å². The summed E-state index contributed by atoms with van der Waals surface area (Å²) >= 11 is 2.72. The number of thiazole rings is 1. The third kappa shape index (κ3) is 3.65. The summed E-state index contributed by atoms with van der Waals surface area (Å²) in [5.74, 6) is -0.623. The molecule has 2 amide bonds. The van der Waals surface area contributed by atoms with Gasteiger partial charge in [-0.05, 0) is 12.5 Å². The Bertz CT molecular complexity index is 1110. The lowest BCUT2D eigenvalue weighted by molar-refractivity contribution is 0.0822. The molecule has 0 radical (unpaired) electrons. The first-order valence-electron chi connectivity index (χ1n) is 9.50. The lowest BCUT2D eigenvalue weighted by Gasteiger charge is -2.24. The van der Waals surface area contributed by atoms with Crippen molar-refractivity contribution in [1.82, 2.24) is 14.9 Å². The van der Waals surface area contributed by atoms with Gasteiger partial charge in [0.1, 0.15) is 15.4 Å². The van der Waals surface area contributed by atoms with Crippen LogP contribution in [0.3, 0.4) is 0 Å². The summed E-state index contributed by atoms with van der Waals surface area (Å²) in [6, 6.07) is 1.93. The second-order valence-electron chi connectivity index (χ2n) is 7.26. The predicted molar refractivity (Wildman–Crippen MR) is 122 cm³/mol. The number of fused-ring (bicyclic) bond motifs is 1. The van der Waals surface area contributed by atoms with Gasteiger partial charge in [0.2, 0.25) is 0 Å². The fraction of sp³-hybridized carbons (Fsp3) is 0.368. The summed E-state index contributed by atoms with van der Waals surface area (Å²) in [4.78, 5) is 39.8. The highest BCUT2D eigenvalue weighted by Crippen LogP contribution is 2.38. The van der Waals surface area contributed by atoms with Gasteiger partial charge in [0, 0.05) is 51.9 Å². The molecule has 9 nitrogen and oxygen atoms in total. The maximum atomic E-state index is 12.1. The smallest absolute Gasteiger partial charge is 0.272 e. The Morgan fingerprint density at radius 2 is 1.90 bits per heavy atom. The zero-order valence-corrected chi connectivity index (χ0v) is 18.4. The monoisotopic (exact) mass is 445 g/mol. The molecule has 4 rings (SSSR count). The van der Waals surface area contributed by atoms with Crippen molar-refractivity contribution in [1.29, 1.82) is 0 Å². The van der Waals surface area contributed by atoms with Crippen molar-refractivity contribution >= 4 is 61.2 Å². The van der Waals surface area contributed by atoms with E-state index in [0.717, 1.165) is 48.8 Å². The molecule has 0 bridgehead atoms. The highest BCUT2D eigenvalue weighted by molar-refractivity contribution is 7.21. The van der Waals surface area contributed by atoms with E-state index in [9.17, 15) is 9.59 Å². The number of aromatic nitrogens is 2. The summed E-state index contributed by atoms with van der Waals surface area (Å²) in [5, 5.41) is 3.45. The van der Waals surface area contributed by atoms with Gasteiger partial charge in [-0.15, -0.1) is 22.7 Å². The summed E-state index contributed by atoms with van der Waals surface area (Å²) in [7, 11) is 3.45. The average Bonchev–Trinajstić information content (AvgIpc) is 3.25. The molecule has 0 aliphatic carbocycles. The molecule has 0 aromatic carbocycles. The van der Waals surface area contributed by atoms with Gasteiger partial charge >= 0.3 is 0 Å². The molecule has 0 atom stereocenters. The second kappa shape index (κ2) is 8.07. The number of nitrogens with two attached hydrogens (primary N) is 2. The average molecular weight is 446 g/mol. The topological polar surface area (TPSA) is 122 Å². The second-order valence-corrected chi connectivity index (χ2v) is 9.10. The zero-order valence-electron chi connectivity index (χ0n) is 16.8. The van der Waals surface area contributed by atoms with E-state index in [4.69, 9.17) is 11.5 Å². The Kier molecular flexibility index (Phi) is 5.48. The maximum absolute atomic E-state index is 12.1. The Morgan fingerprint density at radius 1 is 1.17 bits per heavy atom. The molecule has 158 valence electrons. The van der Waals surface area contributed by atoms with E-state index in [0.29, 0.717) is 21.1 Å². The van der Waals surface area contributed by atoms with Gasteiger partial charge in [-0.1, -0.05) is 0 Å². The molecule has 3 aromatic rings. The Labute approximate surface area is 181 Å². The van der Waals surface area contributed by atoms with Gasteiger partial charge in [0.15, 0.2) is 5.13 Å². The van der Waals surface area contributed by atoms with Crippen molar-refractivity contribution in [3.05, 3.63) is 28.2 Å². The molecule has 1 saturated heterocycles. The van der Waals surface area contributed by atoms with Gasteiger partial charge in [-0.2, -0.15) is 0 Å². The highest BCUT2D eigenvalue weighted by atomic mass is 32.1. The number of thiophene rings is 1. The molecule has 30 heavy (non-hydrogen) atoms.